The van der Waals surface area contributed by atoms with Gasteiger partial charge in [0.05, 0.1) is 5.41 Å². The van der Waals surface area contributed by atoms with Crippen LogP contribution in [0.1, 0.15) is 72.2 Å². The van der Waals surface area contributed by atoms with E-state index in [-0.39, 0.29) is 10.8 Å². The highest BCUT2D eigenvalue weighted by molar-refractivity contribution is 7.99. The summed E-state index contributed by atoms with van der Waals surface area (Å²) in [6.45, 7) is 9.51. The molecular formula is C61H46S. The summed E-state index contributed by atoms with van der Waals surface area (Å²) >= 11 is 1.91. The Kier molecular flexibility index (Phi) is 8.18. The maximum atomic E-state index is 2.50. The average Bonchev–Trinajstić information content (AvgIpc) is 3.55. The zero-order valence-corrected chi connectivity index (χ0v) is 36.4. The van der Waals surface area contributed by atoms with Crippen molar-refractivity contribution in [1.82, 2.24) is 0 Å². The molecule has 0 saturated carbocycles. The van der Waals surface area contributed by atoms with Crippen molar-refractivity contribution in [2.75, 3.05) is 0 Å². The van der Waals surface area contributed by atoms with E-state index in [1.165, 1.54) is 110 Å². The monoisotopic (exact) mass is 810 g/mol. The Bertz CT molecular complexity index is 3210. The van der Waals surface area contributed by atoms with Gasteiger partial charge in [0.15, 0.2) is 0 Å². The number of hydrogen-bond donors (Lipinski definition) is 0. The standard InChI is InChI=1S/C61H46S/c1-59(2)49-19-9-8-18-47(49)48-32-30-43(37-55(48)59)46-35-44(39-16-6-5-7-17-39)34-45(36-46)41-28-26-40(27-29-41)42-31-33-58-56(38-42)61(54-24-14-15-25-57(54)62-58)52-22-12-10-20-50(52)60(3,4)51-21-11-13-23-53(51)61/h5-38H,1-4H3. The van der Waals surface area contributed by atoms with Crippen LogP contribution < -0.4 is 0 Å². The molecule has 0 nitrogen and oxygen atoms in total. The third-order valence-electron chi connectivity index (χ3n) is 14.4. The van der Waals surface area contributed by atoms with Crippen molar-refractivity contribution in [2.24, 2.45) is 0 Å². The van der Waals surface area contributed by atoms with Crippen molar-refractivity contribution in [1.29, 1.82) is 0 Å². The molecule has 0 bridgehead atoms. The lowest BCUT2D eigenvalue weighted by Gasteiger charge is -2.50. The Balaban J connectivity index is 0.982. The van der Waals surface area contributed by atoms with Gasteiger partial charge in [0.2, 0.25) is 0 Å². The van der Waals surface area contributed by atoms with E-state index in [1.54, 1.807) is 0 Å². The molecule has 0 fully saturated rings. The number of rotatable bonds is 4. The van der Waals surface area contributed by atoms with Crippen molar-refractivity contribution < 1.29 is 0 Å². The second-order valence-electron chi connectivity index (χ2n) is 18.4. The summed E-state index contributed by atoms with van der Waals surface area (Å²) in [5.41, 5.74) is 22.9. The fraction of sp³-hybridized carbons (Fsp3) is 0.115. The highest BCUT2D eigenvalue weighted by atomic mass is 32.2. The van der Waals surface area contributed by atoms with E-state index in [1.807, 2.05) is 11.8 Å². The van der Waals surface area contributed by atoms with Gasteiger partial charge in [0.25, 0.3) is 0 Å². The average molecular weight is 811 g/mol. The first-order valence-electron chi connectivity index (χ1n) is 21.9. The van der Waals surface area contributed by atoms with Crippen LogP contribution in [0.4, 0.5) is 0 Å². The van der Waals surface area contributed by atoms with Crippen LogP contribution in [-0.2, 0) is 16.2 Å². The molecule has 12 rings (SSSR count). The molecule has 0 atom stereocenters. The molecule has 3 aliphatic rings. The summed E-state index contributed by atoms with van der Waals surface area (Å²) in [7, 11) is 0. The van der Waals surface area contributed by atoms with Crippen LogP contribution in [0, 0.1) is 0 Å². The van der Waals surface area contributed by atoms with E-state index in [2.05, 4.69) is 234 Å². The third-order valence-corrected chi connectivity index (χ3v) is 15.6. The zero-order chi connectivity index (χ0) is 41.8. The quantitative estimate of drug-likeness (QED) is 0.171. The van der Waals surface area contributed by atoms with Gasteiger partial charge in [-0.15, -0.1) is 0 Å². The van der Waals surface area contributed by atoms with Crippen LogP contribution in [0.15, 0.2) is 216 Å². The molecule has 0 unspecified atom stereocenters. The first-order chi connectivity index (χ1) is 30.2. The van der Waals surface area contributed by atoms with Gasteiger partial charge < -0.3 is 0 Å². The van der Waals surface area contributed by atoms with Crippen molar-refractivity contribution in [2.45, 2.75) is 53.7 Å². The Hall–Kier alpha value is -6.67. The van der Waals surface area contributed by atoms with Gasteiger partial charge in [-0.3, -0.25) is 0 Å². The SMILES string of the molecule is CC1(C)c2ccccc2-c2ccc(-c3cc(-c4ccccc4)cc(-c4ccc(-c5ccc6c(c5)C5(c7ccccc7S6)c6ccccc6C(C)(C)c6ccccc65)cc4)c3)cc21. The molecule has 9 aromatic carbocycles. The smallest absolute Gasteiger partial charge is 0.0729 e. The van der Waals surface area contributed by atoms with Crippen molar-refractivity contribution >= 4 is 11.8 Å². The largest absolute Gasteiger partial charge is 0.0894 e. The van der Waals surface area contributed by atoms with E-state index in [0.717, 1.165) is 0 Å². The number of hydrogen-bond acceptors (Lipinski definition) is 1. The van der Waals surface area contributed by atoms with Crippen molar-refractivity contribution in [3.63, 3.8) is 0 Å². The van der Waals surface area contributed by atoms with Gasteiger partial charge in [0.1, 0.15) is 0 Å². The minimum Gasteiger partial charge on any atom is -0.0894 e. The Morgan fingerprint density at radius 3 is 1.32 bits per heavy atom. The predicted octanol–water partition coefficient (Wildman–Crippen LogP) is 16.1. The molecular weight excluding hydrogens is 765 g/mol. The highest BCUT2D eigenvalue weighted by Crippen LogP contribution is 2.62. The molecule has 62 heavy (non-hydrogen) atoms. The normalized spacial score (nSPS) is 15.4. The van der Waals surface area contributed by atoms with Gasteiger partial charge in [-0.2, -0.15) is 0 Å². The Morgan fingerprint density at radius 2 is 0.661 bits per heavy atom. The van der Waals surface area contributed by atoms with Crippen molar-refractivity contribution in [3.8, 4) is 55.6 Å². The van der Waals surface area contributed by atoms with Gasteiger partial charge in [-0.1, -0.05) is 203 Å². The van der Waals surface area contributed by atoms with Gasteiger partial charge in [-0.05, 0) is 143 Å². The molecule has 1 heteroatoms. The highest BCUT2D eigenvalue weighted by Gasteiger charge is 2.52. The molecule has 0 radical (unpaired) electrons. The summed E-state index contributed by atoms with van der Waals surface area (Å²) in [5.74, 6) is 0. The first kappa shape index (κ1) is 37.1. The van der Waals surface area contributed by atoms with Crippen LogP contribution in [0.25, 0.3) is 55.6 Å². The summed E-state index contributed by atoms with van der Waals surface area (Å²) in [6, 6.07) is 77.9. The van der Waals surface area contributed by atoms with E-state index < -0.39 is 5.41 Å². The van der Waals surface area contributed by atoms with Crippen LogP contribution in [0.2, 0.25) is 0 Å². The Morgan fingerprint density at radius 1 is 0.258 bits per heavy atom. The summed E-state index contributed by atoms with van der Waals surface area (Å²) in [6.07, 6.45) is 0. The summed E-state index contributed by atoms with van der Waals surface area (Å²) in [4.78, 5) is 2.64. The first-order valence-corrected chi connectivity index (χ1v) is 22.7. The molecule has 1 heterocycles. The van der Waals surface area contributed by atoms with Gasteiger partial charge in [-0.25, -0.2) is 0 Å². The van der Waals surface area contributed by atoms with Crippen LogP contribution in [0.5, 0.6) is 0 Å². The molecule has 0 saturated heterocycles. The molecule has 296 valence electrons. The lowest BCUT2D eigenvalue weighted by Crippen LogP contribution is -2.43. The zero-order valence-electron chi connectivity index (χ0n) is 35.5. The second kappa shape index (κ2) is 13.7. The van der Waals surface area contributed by atoms with Gasteiger partial charge in [0, 0.05) is 20.6 Å². The molecule has 2 aliphatic carbocycles. The van der Waals surface area contributed by atoms with E-state index >= 15 is 0 Å². The topological polar surface area (TPSA) is 0 Å². The van der Waals surface area contributed by atoms with Crippen molar-refractivity contribution in [3.05, 3.63) is 251 Å². The van der Waals surface area contributed by atoms with E-state index in [0.29, 0.717) is 0 Å². The third kappa shape index (κ3) is 5.34. The predicted molar refractivity (Wildman–Crippen MR) is 260 cm³/mol. The minimum absolute atomic E-state index is 0.0591. The fourth-order valence-corrected chi connectivity index (χ4v) is 12.5. The van der Waals surface area contributed by atoms with Gasteiger partial charge >= 0.3 is 0 Å². The molecule has 1 aliphatic heterocycles. The summed E-state index contributed by atoms with van der Waals surface area (Å²) < 4.78 is 0. The summed E-state index contributed by atoms with van der Waals surface area (Å²) in [5, 5.41) is 0. The molecule has 0 N–H and O–H groups in total. The fourth-order valence-electron chi connectivity index (χ4n) is 11.3. The van der Waals surface area contributed by atoms with E-state index in [4.69, 9.17) is 0 Å². The van der Waals surface area contributed by atoms with Crippen LogP contribution in [-0.4, -0.2) is 0 Å². The lowest BCUT2D eigenvalue weighted by atomic mass is 9.54. The molecule has 0 amide bonds. The Labute approximate surface area is 370 Å². The lowest BCUT2D eigenvalue weighted by molar-refractivity contribution is 0.549. The maximum absolute atomic E-state index is 2.50. The number of benzene rings is 9. The molecule has 9 aromatic rings. The molecule has 1 spiro atoms. The minimum atomic E-state index is -0.445. The van der Waals surface area contributed by atoms with Crippen LogP contribution >= 0.6 is 11.8 Å². The second-order valence-corrected chi connectivity index (χ2v) is 19.5. The number of fused-ring (bicyclic) bond motifs is 11. The van der Waals surface area contributed by atoms with E-state index in [9.17, 15) is 0 Å². The molecule has 0 aromatic heterocycles. The van der Waals surface area contributed by atoms with Crippen LogP contribution in [0.3, 0.4) is 0 Å². The maximum Gasteiger partial charge on any atom is 0.0729 e.